The fourth-order valence-electron chi connectivity index (χ4n) is 1.49. The van der Waals surface area contributed by atoms with Crippen LogP contribution in [0.15, 0.2) is 10.5 Å². The van der Waals surface area contributed by atoms with Crippen molar-refractivity contribution in [2.24, 2.45) is 0 Å². The van der Waals surface area contributed by atoms with Crippen molar-refractivity contribution in [3.63, 3.8) is 0 Å². The van der Waals surface area contributed by atoms with Crippen LogP contribution in [0.3, 0.4) is 0 Å². The molecule has 0 amide bonds. The smallest absolute Gasteiger partial charge is 0.285 e. The lowest BCUT2D eigenvalue weighted by molar-refractivity contribution is 0.529. The molecular formula is C10H7ClN4OS. The van der Waals surface area contributed by atoms with E-state index < -0.39 is 0 Å². The third kappa shape index (κ3) is 1.79. The van der Waals surface area contributed by atoms with Gasteiger partial charge < -0.3 is 4.42 Å². The van der Waals surface area contributed by atoms with Gasteiger partial charge in [0.2, 0.25) is 11.7 Å². The molecule has 3 aromatic heterocycles. The molecule has 0 aliphatic carbocycles. The van der Waals surface area contributed by atoms with Crippen molar-refractivity contribution < 1.29 is 4.42 Å². The summed E-state index contributed by atoms with van der Waals surface area (Å²) in [5.41, 5.74) is 0. The molecule has 3 rings (SSSR count). The summed E-state index contributed by atoms with van der Waals surface area (Å²) < 4.78 is 5.28. The molecule has 86 valence electrons. The minimum Gasteiger partial charge on any atom is -0.418 e. The molecule has 0 spiro atoms. The molecule has 3 aromatic rings. The molecule has 0 fully saturated rings. The van der Waals surface area contributed by atoms with Gasteiger partial charge in [-0.25, -0.2) is 9.97 Å². The first-order chi connectivity index (χ1) is 8.13. The Morgan fingerprint density at radius 1 is 1.24 bits per heavy atom. The predicted octanol–water partition coefficient (Wildman–Crippen LogP) is 3.01. The SMILES string of the molecule is Cc1nnc(-c2nc(Cl)c3cc(C)sc3n2)o1. The lowest BCUT2D eigenvalue weighted by Gasteiger charge is -1.96. The Kier molecular flexibility index (Phi) is 2.34. The zero-order valence-electron chi connectivity index (χ0n) is 9.06. The zero-order chi connectivity index (χ0) is 12.0. The number of hydrogen-bond donors (Lipinski definition) is 0. The highest BCUT2D eigenvalue weighted by atomic mass is 35.5. The van der Waals surface area contributed by atoms with Gasteiger partial charge in [-0.15, -0.1) is 21.5 Å². The van der Waals surface area contributed by atoms with Crippen molar-refractivity contribution in [3.05, 3.63) is 22.0 Å². The van der Waals surface area contributed by atoms with E-state index in [-0.39, 0.29) is 5.89 Å². The van der Waals surface area contributed by atoms with Gasteiger partial charge in [0.05, 0.1) is 0 Å². The highest BCUT2D eigenvalue weighted by Gasteiger charge is 2.14. The third-order valence-corrected chi connectivity index (χ3v) is 3.42. The Morgan fingerprint density at radius 2 is 2.06 bits per heavy atom. The van der Waals surface area contributed by atoms with Crippen molar-refractivity contribution >= 4 is 33.2 Å². The number of halogens is 1. The first kappa shape index (κ1) is 10.6. The summed E-state index contributed by atoms with van der Waals surface area (Å²) in [7, 11) is 0. The number of thiophene rings is 1. The highest BCUT2D eigenvalue weighted by Crippen LogP contribution is 2.30. The van der Waals surface area contributed by atoms with Gasteiger partial charge in [0, 0.05) is 17.2 Å². The molecule has 3 heterocycles. The van der Waals surface area contributed by atoms with Gasteiger partial charge in [-0.2, -0.15) is 0 Å². The number of rotatable bonds is 1. The Morgan fingerprint density at radius 3 is 2.76 bits per heavy atom. The summed E-state index contributed by atoms with van der Waals surface area (Å²) in [6.07, 6.45) is 0. The van der Waals surface area contributed by atoms with Crippen molar-refractivity contribution in [1.82, 2.24) is 20.2 Å². The molecule has 7 heteroatoms. The van der Waals surface area contributed by atoms with Crippen molar-refractivity contribution in [2.75, 3.05) is 0 Å². The van der Waals surface area contributed by atoms with E-state index in [2.05, 4.69) is 20.2 Å². The van der Waals surface area contributed by atoms with E-state index in [0.717, 1.165) is 15.1 Å². The van der Waals surface area contributed by atoms with Crippen LogP contribution in [0.2, 0.25) is 5.15 Å². The lowest BCUT2D eigenvalue weighted by atomic mass is 10.4. The van der Waals surface area contributed by atoms with Crippen molar-refractivity contribution in [2.45, 2.75) is 13.8 Å². The Bertz CT molecular complexity index is 705. The maximum absolute atomic E-state index is 6.10. The molecule has 0 saturated carbocycles. The fourth-order valence-corrected chi connectivity index (χ4v) is 2.65. The molecule has 0 atom stereocenters. The van der Waals surface area contributed by atoms with Crippen LogP contribution >= 0.6 is 22.9 Å². The second kappa shape index (κ2) is 3.75. The largest absolute Gasteiger partial charge is 0.418 e. The second-order valence-electron chi connectivity index (χ2n) is 3.54. The van der Waals surface area contributed by atoms with E-state index in [1.165, 1.54) is 0 Å². The molecule has 5 nitrogen and oxygen atoms in total. The average Bonchev–Trinajstić information content (AvgIpc) is 2.83. The number of nitrogens with zero attached hydrogens (tertiary/aromatic N) is 4. The van der Waals surface area contributed by atoms with Gasteiger partial charge in [0.25, 0.3) is 5.89 Å². The Balaban J connectivity index is 2.24. The van der Waals surface area contributed by atoms with Crippen LogP contribution in [0.4, 0.5) is 0 Å². The molecule has 0 N–H and O–H groups in total. The molecule has 0 aliphatic heterocycles. The van der Waals surface area contributed by atoms with E-state index in [0.29, 0.717) is 16.9 Å². The minimum atomic E-state index is 0.289. The predicted molar refractivity (Wildman–Crippen MR) is 65.2 cm³/mol. The monoisotopic (exact) mass is 266 g/mol. The average molecular weight is 267 g/mol. The molecule has 0 aliphatic rings. The number of hydrogen-bond acceptors (Lipinski definition) is 6. The topological polar surface area (TPSA) is 64.7 Å². The molecule has 0 radical (unpaired) electrons. The van der Waals surface area contributed by atoms with E-state index in [1.807, 2.05) is 13.0 Å². The Hall–Kier alpha value is -1.53. The van der Waals surface area contributed by atoms with E-state index >= 15 is 0 Å². The number of fused-ring (bicyclic) bond motifs is 1. The van der Waals surface area contributed by atoms with Crippen LogP contribution in [0.25, 0.3) is 21.9 Å². The van der Waals surface area contributed by atoms with E-state index in [4.69, 9.17) is 16.0 Å². The lowest BCUT2D eigenvalue weighted by Crippen LogP contribution is -1.89. The molecule has 0 bridgehead atoms. The first-order valence-corrected chi connectivity index (χ1v) is 6.07. The van der Waals surface area contributed by atoms with E-state index in [1.54, 1.807) is 18.3 Å². The first-order valence-electron chi connectivity index (χ1n) is 4.87. The van der Waals surface area contributed by atoms with Crippen LogP contribution < -0.4 is 0 Å². The summed E-state index contributed by atoms with van der Waals surface area (Å²) in [4.78, 5) is 10.5. The Labute approximate surface area is 105 Å². The van der Waals surface area contributed by atoms with Gasteiger partial charge >= 0.3 is 0 Å². The maximum atomic E-state index is 6.10. The standard InChI is InChI=1S/C10H7ClN4OS/c1-4-3-6-7(11)12-8(13-10(6)17-4)9-15-14-5(2)16-9/h3H,1-2H3. The summed E-state index contributed by atoms with van der Waals surface area (Å²) in [6, 6.07) is 1.96. The van der Waals surface area contributed by atoms with Crippen LogP contribution in [0, 0.1) is 13.8 Å². The van der Waals surface area contributed by atoms with Gasteiger partial charge in [0.15, 0.2) is 0 Å². The number of aromatic nitrogens is 4. The molecule has 0 saturated heterocycles. The fraction of sp³-hybridized carbons (Fsp3) is 0.200. The molecule has 0 aromatic carbocycles. The molecule has 0 unspecified atom stereocenters. The zero-order valence-corrected chi connectivity index (χ0v) is 10.6. The van der Waals surface area contributed by atoms with Crippen molar-refractivity contribution in [1.29, 1.82) is 0 Å². The van der Waals surface area contributed by atoms with Gasteiger partial charge in [0.1, 0.15) is 9.98 Å². The van der Waals surface area contributed by atoms with Crippen LogP contribution in [-0.2, 0) is 0 Å². The van der Waals surface area contributed by atoms with Crippen LogP contribution in [0.1, 0.15) is 10.8 Å². The maximum Gasteiger partial charge on any atom is 0.285 e. The second-order valence-corrected chi connectivity index (χ2v) is 5.13. The molecular weight excluding hydrogens is 260 g/mol. The normalized spacial score (nSPS) is 11.2. The van der Waals surface area contributed by atoms with E-state index in [9.17, 15) is 0 Å². The van der Waals surface area contributed by atoms with Gasteiger partial charge in [-0.05, 0) is 13.0 Å². The summed E-state index contributed by atoms with van der Waals surface area (Å²) in [5, 5.41) is 8.88. The third-order valence-electron chi connectivity index (χ3n) is 2.19. The minimum absolute atomic E-state index is 0.289. The van der Waals surface area contributed by atoms with Crippen molar-refractivity contribution in [3.8, 4) is 11.7 Å². The van der Waals surface area contributed by atoms with Gasteiger partial charge in [-0.1, -0.05) is 11.6 Å². The van der Waals surface area contributed by atoms with Crippen LogP contribution in [0.5, 0.6) is 0 Å². The van der Waals surface area contributed by atoms with Crippen LogP contribution in [-0.4, -0.2) is 20.2 Å². The summed E-state index contributed by atoms with van der Waals surface area (Å²) in [6.45, 7) is 3.71. The quantitative estimate of drug-likeness (QED) is 0.634. The summed E-state index contributed by atoms with van der Waals surface area (Å²) in [5.74, 6) is 1.13. The summed E-state index contributed by atoms with van der Waals surface area (Å²) >= 11 is 7.65. The number of aryl methyl sites for hydroxylation is 2. The van der Waals surface area contributed by atoms with Gasteiger partial charge in [-0.3, -0.25) is 0 Å². The molecule has 17 heavy (non-hydrogen) atoms. The highest BCUT2D eigenvalue weighted by molar-refractivity contribution is 7.18.